The molecule has 0 fully saturated rings. The predicted octanol–water partition coefficient (Wildman–Crippen LogP) is 2.36. The number of amides is 1. The lowest BCUT2D eigenvalue weighted by molar-refractivity contribution is 0.0950. The molecule has 100 valence electrons. The molecule has 0 saturated carbocycles. The smallest absolute Gasteiger partial charge is 0.255 e. The number of carbonyl (C=O) groups is 1. The van der Waals surface area contributed by atoms with E-state index in [2.05, 4.69) is 11.6 Å². The molecule has 0 bridgehead atoms. The van der Waals surface area contributed by atoms with E-state index in [0.29, 0.717) is 6.54 Å². The van der Waals surface area contributed by atoms with Crippen molar-refractivity contribution >= 4 is 17.7 Å². The van der Waals surface area contributed by atoms with Crippen LogP contribution in [0.15, 0.2) is 18.2 Å². The maximum atomic E-state index is 11.7. The normalized spacial score (nSPS) is 10.3. The standard InChI is InChI=1S/C13H19NO3S/c1-18-8-4-2-3-7-14-13(17)11-9-10(15)5-6-12(11)16/h5-6,9,15-16H,2-4,7-8H2,1H3,(H,14,17). The summed E-state index contributed by atoms with van der Waals surface area (Å²) in [6.45, 7) is 0.586. The molecule has 0 spiro atoms. The summed E-state index contributed by atoms with van der Waals surface area (Å²) in [5.74, 6) is 0.639. The van der Waals surface area contributed by atoms with Gasteiger partial charge in [-0.1, -0.05) is 6.42 Å². The molecule has 1 aromatic rings. The second kappa shape index (κ2) is 7.87. The molecule has 18 heavy (non-hydrogen) atoms. The van der Waals surface area contributed by atoms with Crippen molar-refractivity contribution in [3.8, 4) is 11.5 Å². The van der Waals surface area contributed by atoms with E-state index in [4.69, 9.17) is 0 Å². The molecule has 0 radical (unpaired) electrons. The van der Waals surface area contributed by atoms with Gasteiger partial charge in [-0.2, -0.15) is 11.8 Å². The molecule has 0 aliphatic carbocycles. The van der Waals surface area contributed by atoms with Crippen molar-refractivity contribution in [2.75, 3.05) is 18.6 Å². The Bertz CT molecular complexity index is 396. The van der Waals surface area contributed by atoms with Gasteiger partial charge < -0.3 is 15.5 Å². The largest absolute Gasteiger partial charge is 0.508 e. The van der Waals surface area contributed by atoms with Crippen molar-refractivity contribution in [1.29, 1.82) is 0 Å². The topological polar surface area (TPSA) is 69.6 Å². The number of aromatic hydroxyl groups is 2. The maximum absolute atomic E-state index is 11.7. The van der Waals surface area contributed by atoms with Crippen LogP contribution in [0.3, 0.4) is 0 Å². The summed E-state index contributed by atoms with van der Waals surface area (Å²) in [7, 11) is 0. The van der Waals surface area contributed by atoms with E-state index in [1.807, 2.05) is 11.8 Å². The van der Waals surface area contributed by atoms with Gasteiger partial charge in [0.2, 0.25) is 0 Å². The van der Waals surface area contributed by atoms with Gasteiger partial charge in [0.15, 0.2) is 0 Å². The fourth-order valence-corrected chi connectivity index (χ4v) is 2.04. The van der Waals surface area contributed by atoms with Gasteiger partial charge in [-0.15, -0.1) is 0 Å². The number of phenolic OH excluding ortho intramolecular Hbond substituents is 2. The van der Waals surface area contributed by atoms with Crippen LogP contribution in [0.1, 0.15) is 29.6 Å². The second-order valence-electron chi connectivity index (χ2n) is 4.01. The van der Waals surface area contributed by atoms with Gasteiger partial charge in [-0.05, 0) is 43.0 Å². The summed E-state index contributed by atoms with van der Waals surface area (Å²) < 4.78 is 0. The zero-order chi connectivity index (χ0) is 13.4. The van der Waals surface area contributed by atoms with Crippen LogP contribution < -0.4 is 5.32 Å². The van der Waals surface area contributed by atoms with Crippen LogP contribution in [0.4, 0.5) is 0 Å². The van der Waals surface area contributed by atoms with Crippen LogP contribution in [0.25, 0.3) is 0 Å². The molecule has 0 unspecified atom stereocenters. The van der Waals surface area contributed by atoms with E-state index in [1.54, 1.807) is 0 Å². The molecule has 0 saturated heterocycles. The summed E-state index contributed by atoms with van der Waals surface area (Å²) in [5, 5.41) is 21.5. The second-order valence-corrected chi connectivity index (χ2v) is 5.00. The van der Waals surface area contributed by atoms with Crippen molar-refractivity contribution in [2.24, 2.45) is 0 Å². The Morgan fingerprint density at radius 2 is 2.06 bits per heavy atom. The highest BCUT2D eigenvalue weighted by atomic mass is 32.2. The fraction of sp³-hybridized carbons (Fsp3) is 0.462. The number of rotatable bonds is 7. The van der Waals surface area contributed by atoms with Gasteiger partial charge in [-0.25, -0.2) is 0 Å². The average Bonchev–Trinajstić information content (AvgIpc) is 2.36. The maximum Gasteiger partial charge on any atom is 0.255 e. The lowest BCUT2D eigenvalue weighted by atomic mass is 10.1. The third-order valence-electron chi connectivity index (χ3n) is 2.54. The molecular formula is C13H19NO3S. The molecular weight excluding hydrogens is 250 g/mol. The molecule has 4 nitrogen and oxygen atoms in total. The third kappa shape index (κ3) is 4.87. The summed E-state index contributed by atoms with van der Waals surface area (Å²) >= 11 is 1.82. The summed E-state index contributed by atoms with van der Waals surface area (Å²) in [6, 6.07) is 3.91. The van der Waals surface area contributed by atoms with Gasteiger partial charge in [-0.3, -0.25) is 4.79 Å². The van der Waals surface area contributed by atoms with Gasteiger partial charge in [0.1, 0.15) is 11.5 Å². The van der Waals surface area contributed by atoms with E-state index in [-0.39, 0.29) is 23.0 Å². The molecule has 1 amide bonds. The van der Waals surface area contributed by atoms with E-state index in [1.165, 1.54) is 18.2 Å². The minimum absolute atomic E-state index is 0.0297. The Morgan fingerprint density at radius 3 is 2.78 bits per heavy atom. The minimum Gasteiger partial charge on any atom is -0.508 e. The number of hydrogen-bond acceptors (Lipinski definition) is 4. The Hall–Kier alpha value is -1.36. The lowest BCUT2D eigenvalue weighted by Crippen LogP contribution is -2.24. The van der Waals surface area contributed by atoms with Crippen LogP contribution in [-0.4, -0.2) is 34.7 Å². The Morgan fingerprint density at radius 1 is 1.28 bits per heavy atom. The first kappa shape index (κ1) is 14.7. The number of thioether (sulfide) groups is 1. The number of phenols is 2. The lowest BCUT2D eigenvalue weighted by Gasteiger charge is -2.07. The monoisotopic (exact) mass is 269 g/mol. The average molecular weight is 269 g/mol. The van der Waals surface area contributed by atoms with Crippen LogP contribution >= 0.6 is 11.8 Å². The van der Waals surface area contributed by atoms with Gasteiger partial charge in [0.25, 0.3) is 5.91 Å². The van der Waals surface area contributed by atoms with Gasteiger partial charge in [0.05, 0.1) is 5.56 Å². The van der Waals surface area contributed by atoms with Crippen molar-refractivity contribution in [3.05, 3.63) is 23.8 Å². The van der Waals surface area contributed by atoms with Crippen molar-refractivity contribution in [2.45, 2.75) is 19.3 Å². The molecule has 1 rings (SSSR count). The van der Waals surface area contributed by atoms with Crippen molar-refractivity contribution in [1.82, 2.24) is 5.32 Å². The number of nitrogens with one attached hydrogen (secondary N) is 1. The van der Waals surface area contributed by atoms with Crippen LogP contribution in [0, 0.1) is 0 Å². The fourth-order valence-electron chi connectivity index (χ4n) is 1.55. The van der Waals surface area contributed by atoms with E-state index >= 15 is 0 Å². The molecule has 0 aliphatic rings. The first-order valence-electron chi connectivity index (χ1n) is 5.94. The highest BCUT2D eigenvalue weighted by molar-refractivity contribution is 7.98. The molecule has 0 heterocycles. The molecule has 3 N–H and O–H groups in total. The molecule has 0 aromatic heterocycles. The first-order chi connectivity index (χ1) is 8.65. The van der Waals surface area contributed by atoms with Crippen molar-refractivity contribution in [3.63, 3.8) is 0 Å². The zero-order valence-electron chi connectivity index (χ0n) is 10.5. The molecule has 0 atom stereocenters. The Labute approximate surface area is 111 Å². The van der Waals surface area contributed by atoms with Crippen LogP contribution in [0.2, 0.25) is 0 Å². The minimum atomic E-state index is -0.353. The van der Waals surface area contributed by atoms with Crippen molar-refractivity contribution < 1.29 is 15.0 Å². The zero-order valence-corrected chi connectivity index (χ0v) is 11.3. The third-order valence-corrected chi connectivity index (χ3v) is 3.23. The number of unbranched alkanes of at least 4 members (excludes halogenated alkanes) is 2. The number of benzene rings is 1. The summed E-state index contributed by atoms with van der Waals surface area (Å²) in [4.78, 5) is 11.7. The SMILES string of the molecule is CSCCCCCNC(=O)c1cc(O)ccc1O. The number of carbonyl (C=O) groups excluding carboxylic acids is 1. The van der Waals surface area contributed by atoms with E-state index in [0.717, 1.165) is 25.0 Å². The Kier molecular flexibility index (Phi) is 6.43. The summed E-state index contributed by atoms with van der Waals surface area (Å²) in [6.07, 6.45) is 5.22. The first-order valence-corrected chi connectivity index (χ1v) is 7.33. The molecule has 0 aliphatic heterocycles. The quantitative estimate of drug-likeness (QED) is 0.525. The van der Waals surface area contributed by atoms with Crippen LogP contribution in [0.5, 0.6) is 11.5 Å². The molecule has 1 aromatic carbocycles. The van der Waals surface area contributed by atoms with E-state index in [9.17, 15) is 15.0 Å². The highest BCUT2D eigenvalue weighted by Gasteiger charge is 2.10. The molecule has 5 heteroatoms. The van der Waals surface area contributed by atoms with E-state index < -0.39 is 0 Å². The highest BCUT2D eigenvalue weighted by Crippen LogP contribution is 2.21. The number of hydrogen-bond donors (Lipinski definition) is 3. The van der Waals surface area contributed by atoms with Gasteiger partial charge in [0, 0.05) is 6.54 Å². The van der Waals surface area contributed by atoms with Gasteiger partial charge >= 0.3 is 0 Å². The predicted molar refractivity (Wildman–Crippen MR) is 74.3 cm³/mol. The Balaban J connectivity index is 2.34. The van der Waals surface area contributed by atoms with Crippen LogP contribution in [-0.2, 0) is 0 Å². The summed E-state index contributed by atoms with van der Waals surface area (Å²) in [5.41, 5.74) is 0.110.